The lowest BCUT2D eigenvalue weighted by Gasteiger charge is -2.07. The summed E-state index contributed by atoms with van der Waals surface area (Å²) in [5.41, 5.74) is 0.947. The van der Waals surface area contributed by atoms with Crippen molar-refractivity contribution in [3.8, 4) is 17.1 Å². The molecule has 0 aliphatic rings. The molecule has 0 unspecified atom stereocenters. The van der Waals surface area contributed by atoms with Crippen molar-refractivity contribution in [1.82, 2.24) is 0 Å². The zero-order valence-electron chi connectivity index (χ0n) is 14.6. The maximum atomic E-state index is 10.7. The van der Waals surface area contributed by atoms with Gasteiger partial charge in [0.25, 0.3) is 0 Å². The van der Waals surface area contributed by atoms with Crippen molar-refractivity contribution in [2.45, 2.75) is 58.3 Å². The molecule has 0 N–H and O–H groups in total. The third kappa shape index (κ3) is 6.23. The number of carbonyl (C=O) groups excluding carboxylic acids is 1. The molecule has 24 heavy (non-hydrogen) atoms. The Morgan fingerprint density at radius 3 is 2.17 bits per heavy atom. The minimum atomic E-state index is 0.347. The second kappa shape index (κ2) is 10.7. The van der Waals surface area contributed by atoms with E-state index in [9.17, 15) is 4.79 Å². The van der Waals surface area contributed by atoms with E-state index < -0.39 is 0 Å². The van der Waals surface area contributed by atoms with Crippen molar-refractivity contribution in [2.24, 2.45) is 0 Å². The normalized spacial score (nSPS) is 10.7. The first kappa shape index (κ1) is 18.3. The van der Waals surface area contributed by atoms with Gasteiger partial charge in [0.2, 0.25) is 0 Å². The zero-order valence-corrected chi connectivity index (χ0v) is 14.6. The molecule has 0 aliphatic heterocycles. The van der Waals surface area contributed by atoms with Crippen LogP contribution < -0.4 is 4.74 Å². The predicted octanol–water partition coefficient (Wildman–Crippen LogP) is 6.28. The van der Waals surface area contributed by atoms with Crippen LogP contribution in [0.2, 0.25) is 0 Å². The van der Waals surface area contributed by atoms with Gasteiger partial charge in [-0.05, 0) is 42.8 Å². The van der Waals surface area contributed by atoms with Gasteiger partial charge in [-0.1, -0.05) is 51.9 Å². The predicted molar refractivity (Wildman–Crippen MR) is 97.6 cm³/mol. The van der Waals surface area contributed by atoms with Crippen molar-refractivity contribution in [2.75, 3.05) is 6.61 Å². The Hall–Kier alpha value is -2.03. The summed E-state index contributed by atoms with van der Waals surface area (Å²) < 4.78 is 11.2. The van der Waals surface area contributed by atoms with E-state index >= 15 is 0 Å². The van der Waals surface area contributed by atoms with E-state index in [2.05, 4.69) is 6.92 Å². The van der Waals surface area contributed by atoms with E-state index in [-0.39, 0.29) is 0 Å². The Kier molecular flexibility index (Phi) is 8.16. The van der Waals surface area contributed by atoms with Gasteiger partial charge in [-0.25, -0.2) is 0 Å². The van der Waals surface area contributed by atoms with Crippen molar-refractivity contribution >= 4 is 6.29 Å². The topological polar surface area (TPSA) is 39.4 Å². The molecule has 1 heterocycles. The van der Waals surface area contributed by atoms with Gasteiger partial charge in [0.05, 0.1) is 6.61 Å². The van der Waals surface area contributed by atoms with Gasteiger partial charge >= 0.3 is 0 Å². The van der Waals surface area contributed by atoms with Gasteiger partial charge in [0, 0.05) is 5.56 Å². The second-order valence-corrected chi connectivity index (χ2v) is 6.17. The Labute approximate surface area is 145 Å². The zero-order chi connectivity index (χ0) is 17.0. The third-order valence-electron chi connectivity index (χ3n) is 4.15. The summed E-state index contributed by atoms with van der Waals surface area (Å²) >= 11 is 0. The van der Waals surface area contributed by atoms with Crippen LogP contribution in [0.4, 0.5) is 0 Å². The first-order valence-corrected chi connectivity index (χ1v) is 9.11. The quantitative estimate of drug-likeness (QED) is 0.340. The van der Waals surface area contributed by atoms with E-state index in [1.165, 1.54) is 44.9 Å². The molecule has 0 saturated carbocycles. The maximum absolute atomic E-state index is 10.7. The average Bonchev–Trinajstić information content (AvgIpc) is 3.10. The fraction of sp³-hybridized carbons (Fsp3) is 0.476. The van der Waals surface area contributed by atoms with Crippen molar-refractivity contribution in [3.63, 3.8) is 0 Å². The van der Waals surface area contributed by atoms with Crippen molar-refractivity contribution < 1.29 is 13.9 Å². The van der Waals surface area contributed by atoms with Gasteiger partial charge < -0.3 is 9.15 Å². The number of furan rings is 1. The van der Waals surface area contributed by atoms with Crippen molar-refractivity contribution in [3.05, 3.63) is 42.2 Å². The molecule has 1 aromatic heterocycles. The number of unbranched alkanes of at least 4 members (excludes halogenated alkanes) is 7. The van der Waals surface area contributed by atoms with Crippen LogP contribution in [0, 0.1) is 0 Å². The molecule has 1 aromatic carbocycles. The molecule has 0 amide bonds. The summed E-state index contributed by atoms with van der Waals surface area (Å²) in [4.78, 5) is 10.7. The Morgan fingerprint density at radius 1 is 0.875 bits per heavy atom. The molecule has 0 bridgehead atoms. The van der Waals surface area contributed by atoms with Crippen LogP contribution in [0.5, 0.6) is 5.75 Å². The summed E-state index contributed by atoms with van der Waals surface area (Å²) in [6, 6.07) is 11.3. The molecule has 2 rings (SSSR count). The SMILES string of the molecule is CCCCCCCCCCOc1ccc(-c2ccc(C=O)o2)cc1. The van der Waals surface area contributed by atoms with Crippen LogP contribution in [0.25, 0.3) is 11.3 Å². The van der Waals surface area contributed by atoms with E-state index in [4.69, 9.17) is 9.15 Å². The molecule has 0 atom stereocenters. The maximum Gasteiger partial charge on any atom is 0.185 e. The van der Waals surface area contributed by atoms with Crippen molar-refractivity contribution in [1.29, 1.82) is 0 Å². The van der Waals surface area contributed by atoms with Crippen LogP contribution in [-0.4, -0.2) is 12.9 Å². The monoisotopic (exact) mass is 328 g/mol. The third-order valence-corrected chi connectivity index (χ3v) is 4.15. The van der Waals surface area contributed by atoms with Crippen LogP contribution >= 0.6 is 0 Å². The highest BCUT2D eigenvalue weighted by Crippen LogP contribution is 2.24. The number of rotatable bonds is 12. The summed E-state index contributed by atoms with van der Waals surface area (Å²) in [6.07, 6.45) is 11.1. The lowest BCUT2D eigenvalue weighted by atomic mass is 10.1. The Balaban J connectivity index is 1.62. The highest BCUT2D eigenvalue weighted by Gasteiger charge is 2.04. The van der Waals surface area contributed by atoms with Gasteiger partial charge in [0.1, 0.15) is 11.5 Å². The molecule has 0 spiro atoms. The molecule has 130 valence electrons. The highest BCUT2D eigenvalue weighted by molar-refractivity contribution is 5.72. The van der Waals surface area contributed by atoms with Gasteiger partial charge in [-0.3, -0.25) is 4.79 Å². The van der Waals surface area contributed by atoms with Crippen LogP contribution in [0.3, 0.4) is 0 Å². The second-order valence-electron chi connectivity index (χ2n) is 6.17. The number of ether oxygens (including phenoxy) is 1. The summed E-state index contributed by atoms with van der Waals surface area (Å²) in [5.74, 6) is 1.93. The highest BCUT2D eigenvalue weighted by atomic mass is 16.5. The molecule has 0 aliphatic carbocycles. The minimum Gasteiger partial charge on any atom is -0.494 e. The number of carbonyl (C=O) groups is 1. The smallest absolute Gasteiger partial charge is 0.185 e. The van der Waals surface area contributed by atoms with Gasteiger partial charge in [-0.2, -0.15) is 0 Å². The number of aldehydes is 1. The number of benzene rings is 1. The molecular formula is C21H28O3. The Bertz CT molecular complexity index is 583. The number of hydrogen-bond acceptors (Lipinski definition) is 3. The largest absolute Gasteiger partial charge is 0.494 e. The average molecular weight is 328 g/mol. The van der Waals surface area contributed by atoms with E-state index in [0.29, 0.717) is 17.8 Å². The van der Waals surface area contributed by atoms with E-state index in [1.54, 1.807) is 12.1 Å². The van der Waals surface area contributed by atoms with Crippen LogP contribution in [0.1, 0.15) is 68.8 Å². The van der Waals surface area contributed by atoms with Crippen LogP contribution in [0.15, 0.2) is 40.8 Å². The molecule has 0 fully saturated rings. The van der Waals surface area contributed by atoms with Gasteiger partial charge in [-0.15, -0.1) is 0 Å². The summed E-state index contributed by atoms with van der Waals surface area (Å²) in [5, 5.41) is 0. The summed E-state index contributed by atoms with van der Waals surface area (Å²) in [6.45, 7) is 3.02. The lowest BCUT2D eigenvalue weighted by Crippen LogP contribution is -1.97. The molecular weight excluding hydrogens is 300 g/mol. The standard InChI is InChI=1S/C21H28O3/c1-2-3-4-5-6-7-8-9-16-23-19-12-10-18(11-13-19)21-15-14-20(17-22)24-21/h10-15,17H,2-9,16H2,1H3. The molecule has 0 radical (unpaired) electrons. The van der Waals surface area contributed by atoms with Gasteiger partial charge in [0.15, 0.2) is 12.0 Å². The fourth-order valence-electron chi connectivity index (χ4n) is 2.71. The molecule has 2 aromatic rings. The lowest BCUT2D eigenvalue weighted by molar-refractivity contribution is 0.110. The minimum absolute atomic E-state index is 0.347. The van der Waals surface area contributed by atoms with Crippen LogP contribution in [-0.2, 0) is 0 Å². The first-order chi connectivity index (χ1) is 11.8. The summed E-state index contributed by atoms with van der Waals surface area (Å²) in [7, 11) is 0. The molecule has 3 heteroatoms. The molecule has 3 nitrogen and oxygen atoms in total. The first-order valence-electron chi connectivity index (χ1n) is 9.11. The Morgan fingerprint density at radius 2 is 1.54 bits per heavy atom. The fourth-order valence-corrected chi connectivity index (χ4v) is 2.71. The van der Waals surface area contributed by atoms with E-state index in [1.807, 2.05) is 24.3 Å². The van der Waals surface area contributed by atoms with E-state index in [0.717, 1.165) is 24.3 Å². The number of hydrogen-bond donors (Lipinski definition) is 0. The molecule has 0 saturated heterocycles.